The van der Waals surface area contributed by atoms with Crippen molar-refractivity contribution in [3.8, 4) is 0 Å². The minimum absolute atomic E-state index is 0.0226. The Hall–Kier alpha value is -1.53. The second-order valence-electron chi connectivity index (χ2n) is 3.51. The minimum Gasteiger partial charge on any atom is -0.324 e. The van der Waals surface area contributed by atoms with E-state index in [-0.39, 0.29) is 18.4 Å². The van der Waals surface area contributed by atoms with Crippen LogP contribution in [0, 0.1) is 0 Å². The zero-order chi connectivity index (χ0) is 13.0. The van der Waals surface area contributed by atoms with Gasteiger partial charge < -0.3 is 10.6 Å². The molecule has 0 unspecified atom stereocenters. The number of halogens is 1. The lowest BCUT2D eigenvalue weighted by Crippen LogP contribution is -2.22. The second-order valence-corrected chi connectivity index (χ2v) is 4.91. The number of carbonyl (C=O) groups is 2. The topological polar surface area (TPSA) is 70.6 Å². The molecule has 5 nitrogen and oxygen atoms in total. The molecule has 0 aliphatic carbocycles. The first kappa shape index (κ1) is 12.9. The van der Waals surface area contributed by atoms with Gasteiger partial charge in [-0.1, -0.05) is 23.4 Å². The third-order valence-corrected chi connectivity index (χ3v) is 3.24. The third kappa shape index (κ3) is 3.75. The maximum atomic E-state index is 11.6. The Kier molecular flexibility index (Phi) is 4.22. The molecule has 0 bridgehead atoms. The maximum Gasteiger partial charge on any atom is 0.246 e. The van der Waals surface area contributed by atoms with Gasteiger partial charge in [0.05, 0.1) is 5.75 Å². The van der Waals surface area contributed by atoms with Crippen LogP contribution in [0.25, 0.3) is 0 Å². The highest BCUT2D eigenvalue weighted by atomic mass is 35.5. The van der Waals surface area contributed by atoms with Crippen molar-refractivity contribution in [2.45, 2.75) is 0 Å². The molecular weight excluding hydrogens is 274 g/mol. The molecule has 18 heavy (non-hydrogen) atoms. The Morgan fingerprint density at radius 3 is 2.78 bits per heavy atom. The monoisotopic (exact) mass is 283 g/mol. The fourth-order valence-electron chi connectivity index (χ4n) is 1.29. The summed E-state index contributed by atoms with van der Waals surface area (Å²) in [4.78, 5) is 26.5. The molecule has 0 radical (unpaired) electrons. The molecule has 0 saturated carbocycles. The van der Waals surface area contributed by atoms with E-state index in [4.69, 9.17) is 11.6 Å². The van der Waals surface area contributed by atoms with Crippen molar-refractivity contribution in [1.29, 1.82) is 0 Å². The Morgan fingerprint density at radius 1 is 1.44 bits per heavy atom. The summed E-state index contributed by atoms with van der Waals surface area (Å²) in [5, 5.41) is 6.34. The van der Waals surface area contributed by atoms with E-state index in [2.05, 4.69) is 15.6 Å². The molecule has 94 valence electrons. The molecule has 2 amide bonds. The maximum absolute atomic E-state index is 11.6. The molecule has 0 atom stereocenters. The highest BCUT2D eigenvalue weighted by molar-refractivity contribution is 8.15. The van der Waals surface area contributed by atoms with E-state index in [0.717, 1.165) is 0 Å². The molecule has 2 N–H and O–H groups in total. The normalized spacial score (nSPS) is 16.7. The van der Waals surface area contributed by atoms with Crippen LogP contribution in [0.1, 0.15) is 0 Å². The first-order valence-corrected chi connectivity index (χ1v) is 6.52. The van der Waals surface area contributed by atoms with Crippen molar-refractivity contribution >= 4 is 46.0 Å². The van der Waals surface area contributed by atoms with Crippen LogP contribution < -0.4 is 10.6 Å². The van der Waals surface area contributed by atoms with E-state index >= 15 is 0 Å². The molecule has 7 heteroatoms. The van der Waals surface area contributed by atoms with Crippen LogP contribution in [-0.2, 0) is 9.59 Å². The first-order chi connectivity index (χ1) is 8.63. The quantitative estimate of drug-likeness (QED) is 0.883. The van der Waals surface area contributed by atoms with Gasteiger partial charge in [0, 0.05) is 10.7 Å². The summed E-state index contributed by atoms with van der Waals surface area (Å²) in [5.41, 5.74) is 0.660. The van der Waals surface area contributed by atoms with Gasteiger partial charge in [0.25, 0.3) is 0 Å². The van der Waals surface area contributed by atoms with E-state index in [9.17, 15) is 9.59 Å². The molecule has 0 spiro atoms. The highest BCUT2D eigenvalue weighted by Gasteiger charge is 2.16. The Morgan fingerprint density at radius 2 is 2.17 bits per heavy atom. The van der Waals surface area contributed by atoms with Crippen molar-refractivity contribution < 1.29 is 9.59 Å². The molecule has 2 rings (SSSR count). The molecule has 1 aliphatic rings. The summed E-state index contributed by atoms with van der Waals surface area (Å²) in [6, 6.07) is 6.80. The van der Waals surface area contributed by atoms with Crippen LogP contribution in [-0.4, -0.2) is 29.3 Å². The number of hydrogen-bond donors (Lipinski definition) is 2. The van der Waals surface area contributed by atoms with Gasteiger partial charge in [0.15, 0.2) is 5.17 Å². The Balaban J connectivity index is 1.85. The van der Waals surface area contributed by atoms with Crippen molar-refractivity contribution in [2.24, 2.45) is 4.99 Å². The fraction of sp³-hybridized carbons (Fsp3) is 0.182. The first-order valence-electron chi connectivity index (χ1n) is 5.16. The molecule has 1 aromatic rings. The van der Waals surface area contributed by atoms with Gasteiger partial charge in [-0.2, -0.15) is 0 Å². The summed E-state index contributed by atoms with van der Waals surface area (Å²) < 4.78 is 0. The summed E-state index contributed by atoms with van der Waals surface area (Å²) in [6.45, 7) is -0.0226. The number of benzene rings is 1. The van der Waals surface area contributed by atoms with Crippen LogP contribution in [0.4, 0.5) is 5.69 Å². The van der Waals surface area contributed by atoms with Gasteiger partial charge >= 0.3 is 0 Å². The number of hydrogen-bond acceptors (Lipinski definition) is 4. The highest BCUT2D eigenvalue weighted by Crippen LogP contribution is 2.13. The Labute approximate surface area is 113 Å². The average molecular weight is 284 g/mol. The molecule has 0 aromatic heterocycles. The number of amides is 2. The number of thioether (sulfide) groups is 1. The lowest BCUT2D eigenvalue weighted by Gasteiger charge is -2.03. The van der Waals surface area contributed by atoms with E-state index < -0.39 is 0 Å². The van der Waals surface area contributed by atoms with Gasteiger partial charge in [-0.3, -0.25) is 14.6 Å². The minimum atomic E-state index is -0.244. The number of amidine groups is 1. The molecule has 1 aromatic carbocycles. The number of aliphatic imine (C=N–C) groups is 1. The lowest BCUT2D eigenvalue weighted by atomic mass is 10.3. The van der Waals surface area contributed by atoms with Crippen LogP contribution in [0.2, 0.25) is 5.02 Å². The predicted octanol–water partition coefficient (Wildman–Crippen LogP) is 1.50. The summed E-state index contributed by atoms with van der Waals surface area (Å²) in [5.74, 6) is 0.0286. The van der Waals surface area contributed by atoms with Gasteiger partial charge in [-0.25, -0.2) is 0 Å². The predicted molar refractivity (Wildman–Crippen MR) is 73.0 cm³/mol. The summed E-state index contributed by atoms with van der Waals surface area (Å²) >= 11 is 7.02. The number of anilines is 1. The van der Waals surface area contributed by atoms with Gasteiger partial charge in [-0.05, 0) is 24.3 Å². The number of nitrogens with one attached hydrogen (secondary N) is 2. The standard InChI is InChI=1S/C11H10ClN3O2S/c12-7-1-3-8(4-2-7)14-9(16)5-13-11-15-10(17)6-18-11/h1-4H,5-6H2,(H,14,16)(H,13,15,17). The van der Waals surface area contributed by atoms with E-state index in [1.165, 1.54) is 11.8 Å². The second kappa shape index (κ2) is 5.88. The largest absolute Gasteiger partial charge is 0.324 e. The molecular formula is C11H10ClN3O2S. The van der Waals surface area contributed by atoms with Crippen LogP contribution >= 0.6 is 23.4 Å². The van der Waals surface area contributed by atoms with Gasteiger partial charge in [-0.15, -0.1) is 0 Å². The van der Waals surface area contributed by atoms with Gasteiger partial charge in [0.1, 0.15) is 6.54 Å². The fourth-order valence-corrected chi connectivity index (χ4v) is 2.10. The van der Waals surface area contributed by atoms with Crippen molar-refractivity contribution in [3.63, 3.8) is 0 Å². The van der Waals surface area contributed by atoms with E-state index in [0.29, 0.717) is 21.6 Å². The summed E-state index contributed by atoms with van der Waals surface area (Å²) in [6.07, 6.45) is 0. The van der Waals surface area contributed by atoms with E-state index in [1.54, 1.807) is 24.3 Å². The van der Waals surface area contributed by atoms with Crippen molar-refractivity contribution in [2.75, 3.05) is 17.6 Å². The van der Waals surface area contributed by atoms with Crippen LogP contribution in [0.5, 0.6) is 0 Å². The van der Waals surface area contributed by atoms with Gasteiger partial charge in [0.2, 0.25) is 11.8 Å². The van der Waals surface area contributed by atoms with E-state index in [1.807, 2.05) is 0 Å². The van der Waals surface area contributed by atoms with Crippen molar-refractivity contribution in [1.82, 2.24) is 5.32 Å². The molecule has 1 aliphatic heterocycles. The molecule has 1 heterocycles. The SMILES string of the molecule is O=C1CSC(=NCC(=O)Nc2ccc(Cl)cc2)N1. The van der Waals surface area contributed by atoms with Crippen molar-refractivity contribution in [3.05, 3.63) is 29.3 Å². The lowest BCUT2D eigenvalue weighted by molar-refractivity contribution is -0.117. The molecule has 1 fully saturated rings. The number of rotatable bonds is 3. The number of carbonyl (C=O) groups excluding carboxylic acids is 2. The number of nitrogens with zero attached hydrogens (tertiary/aromatic N) is 1. The average Bonchev–Trinajstić information content (AvgIpc) is 2.76. The zero-order valence-electron chi connectivity index (χ0n) is 9.27. The van der Waals surface area contributed by atoms with Crippen LogP contribution in [0.3, 0.4) is 0 Å². The third-order valence-electron chi connectivity index (χ3n) is 2.08. The van der Waals surface area contributed by atoms with Crippen LogP contribution in [0.15, 0.2) is 29.3 Å². The Bertz CT molecular complexity index is 502. The smallest absolute Gasteiger partial charge is 0.246 e. The zero-order valence-corrected chi connectivity index (χ0v) is 10.8. The summed E-state index contributed by atoms with van der Waals surface area (Å²) in [7, 11) is 0. The molecule has 1 saturated heterocycles.